The Balaban J connectivity index is 1.89. The Morgan fingerprint density at radius 2 is 2.28 bits per heavy atom. The van der Waals surface area contributed by atoms with Gasteiger partial charge in [-0.25, -0.2) is 9.67 Å². The van der Waals surface area contributed by atoms with Gasteiger partial charge in [-0.05, 0) is 12.8 Å². The summed E-state index contributed by atoms with van der Waals surface area (Å²) in [5.74, 6) is 1.11. The summed E-state index contributed by atoms with van der Waals surface area (Å²) in [6, 6.07) is 0.645. The molecule has 1 saturated heterocycles. The van der Waals surface area contributed by atoms with Crippen LogP contribution in [0.5, 0.6) is 0 Å². The summed E-state index contributed by atoms with van der Waals surface area (Å²) in [6.07, 6.45) is 5.29. The predicted octanol–water partition coefficient (Wildman–Crippen LogP) is 1.26. The number of nitrogens with zero attached hydrogens (tertiary/aromatic N) is 4. The van der Waals surface area contributed by atoms with Crippen molar-refractivity contribution >= 4 is 0 Å². The van der Waals surface area contributed by atoms with E-state index in [1.165, 1.54) is 12.8 Å². The largest absolute Gasteiger partial charge is 0.311 e. The molecule has 0 radical (unpaired) electrons. The summed E-state index contributed by atoms with van der Waals surface area (Å²) in [4.78, 5) is 6.88. The van der Waals surface area contributed by atoms with Crippen LogP contribution in [0.15, 0.2) is 6.33 Å². The summed E-state index contributed by atoms with van der Waals surface area (Å²) in [6.45, 7) is 9.66. The van der Waals surface area contributed by atoms with Gasteiger partial charge in [0.15, 0.2) is 0 Å². The number of hydrogen-bond acceptors (Lipinski definition) is 4. The van der Waals surface area contributed by atoms with Gasteiger partial charge in [-0.15, -0.1) is 0 Å². The van der Waals surface area contributed by atoms with Crippen LogP contribution >= 0.6 is 0 Å². The minimum Gasteiger partial charge on any atom is -0.311 e. The van der Waals surface area contributed by atoms with Gasteiger partial charge in [-0.3, -0.25) is 4.90 Å². The standard InChI is InChI=1S/C13H25N5/c1-3-5-12-9-17(8-6-14-12)10-13-15-11-16-18(13)7-4-2/h11-12,14H,3-10H2,1-2H3. The molecule has 1 fully saturated rings. The summed E-state index contributed by atoms with van der Waals surface area (Å²) >= 11 is 0. The highest BCUT2D eigenvalue weighted by Gasteiger charge is 2.19. The second-order valence-electron chi connectivity index (χ2n) is 5.07. The predicted molar refractivity (Wildman–Crippen MR) is 72.3 cm³/mol. The van der Waals surface area contributed by atoms with Gasteiger partial charge in [0, 0.05) is 32.2 Å². The molecule has 5 heteroatoms. The van der Waals surface area contributed by atoms with Gasteiger partial charge < -0.3 is 5.32 Å². The van der Waals surface area contributed by atoms with Crippen molar-refractivity contribution in [1.82, 2.24) is 25.0 Å². The Hall–Kier alpha value is -0.940. The van der Waals surface area contributed by atoms with Crippen molar-refractivity contribution in [2.45, 2.75) is 52.2 Å². The van der Waals surface area contributed by atoms with Crippen LogP contribution in [0.25, 0.3) is 0 Å². The van der Waals surface area contributed by atoms with Gasteiger partial charge in [0.2, 0.25) is 0 Å². The molecule has 2 heterocycles. The summed E-state index contributed by atoms with van der Waals surface area (Å²) in [7, 11) is 0. The SMILES string of the molecule is CCCC1CN(Cc2ncnn2CCC)CCN1. The zero-order valence-corrected chi connectivity index (χ0v) is 11.6. The second kappa shape index (κ2) is 6.85. The van der Waals surface area contributed by atoms with E-state index in [0.29, 0.717) is 6.04 Å². The third-order valence-electron chi connectivity index (χ3n) is 3.47. The molecule has 0 bridgehead atoms. The maximum absolute atomic E-state index is 4.39. The van der Waals surface area contributed by atoms with E-state index in [2.05, 4.69) is 34.1 Å². The highest BCUT2D eigenvalue weighted by molar-refractivity contribution is 4.87. The molecule has 0 aliphatic carbocycles. The molecule has 0 aromatic carbocycles. The van der Waals surface area contributed by atoms with Crippen molar-refractivity contribution in [3.8, 4) is 0 Å². The van der Waals surface area contributed by atoms with Crippen molar-refractivity contribution in [1.29, 1.82) is 0 Å². The average molecular weight is 251 g/mol. The molecule has 1 aliphatic rings. The minimum absolute atomic E-state index is 0.645. The van der Waals surface area contributed by atoms with E-state index in [1.807, 2.05) is 4.68 Å². The van der Waals surface area contributed by atoms with Gasteiger partial charge in [-0.2, -0.15) is 5.10 Å². The molecular weight excluding hydrogens is 226 g/mol. The van der Waals surface area contributed by atoms with Crippen LogP contribution in [0.3, 0.4) is 0 Å². The smallest absolute Gasteiger partial charge is 0.141 e. The first-order valence-electron chi connectivity index (χ1n) is 7.16. The van der Waals surface area contributed by atoms with E-state index in [9.17, 15) is 0 Å². The maximum atomic E-state index is 4.39. The van der Waals surface area contributed by atoms with E-state index >= 15 is 0 Å². The lowest BCUT2D eigenvalue weighted by atomic mass is 10.1. The van der Waals surface area contributed by atoms with Crippen LogP contribution < -0.4 is 5.32 Å². The molecular formula is C13H25N5. The van der Waals surface area contributed by atoms with Crippen LogP contribution in [0.2, 0.25) is 0 Å². The van der Waals surface area contributed by atoms with Crippen molar-refractivity contribution in [2.75, 3.05) is 19.6 Å². The van der Waals surface area contributed by atoms with Crippen LogP contribution in [0.4, 0.5) is 0 Å². The topological polar surface area (TPSA) is 46.0 Å². The van der Waals surface area contributed by atoms with Crippen LogP contribution in [-0.4, -0.2) is 45.3 Å². The van der Waals surface area contributed by atoms with E-state index in [0.717, 1.165) is 45.0 Å². The van der Waals surface area contributed by atoms with Gasteiger partial charge >= 0.3 is 0 Å². The number of piperazine rings is 1. The normalized spacial score (nSPS) is 21.3. The Labute approximate surface area is 110 Å². The summed E-state index contributed by atoms with van der Waals surface area (Å²) in [5.41, 5.74) is 0. The molecule has 1 aromatic rings. The summed E-state index contributed by atoms with van der Waals surface area (Å²) in [5, 5.41) is 7.87. The molecule has 1 unspecified atom stereocenters. The highest BCUT2D eigenvalue weighted by atomic mass is 15.4. The van der Waals surface area contributed by atoms with Crippen molar-refractivity contribution < 1.29 is 0 Å². The number of aromatic nitrogens is 3. The summed E-state index contributed by atoms with van der Waals surface area (Å²) < 4.78 is 2.04. The third-order valence-corrected chi connectivity index (χ3v) is 3.47. The lowest BCUT2D eigenvalue weighted by Crippen LogP contribution is -2.50. The molecule has 1 aliphatic heterocycles. The molecule has 0 saturated carbocycles. The first kappa shape index (κ1) is 13.5. The Morgan fingerprint density at radius 3 is 3.06 bits per heavy atom. The van der Waals surface area contributed by atoms with Gasteiger partial charge in [0.1, 0.15) is 12.2 Å². The molecule has 0 spiro atoms. The number of rotatable bonds is 6. The molecule has 1 atom stereocenters. The van der Waals surface area contributed by atoms with Crippen molar-refractivity contribution in [2.24, 2.45) is 0 Å². The van der Waals surface area contributed by atoms with E-state index in [4.69, 9.17) is 0 Å². The minimum atomic E-state index is 0.645. The van der Waals surface area contributed by atoms with Crippen LogP contribution in [-0.2, 0) is 13.1 Å². The maximum Gasteiger partial charge on any atom is 0.141 e. The monoisotopic (exact) mass is 251 g/mol. The lowest BCUT2D eigenvalue weighted by molar-refractivity contribution is 0.180. The number of nitrogens with one attached hydrogen (secondary N) is 1. The van der Waals surface area contributed by atoms with Gasteiger partial charge in [0.05, 0.1) is 6.54 Å². The van der Waals surface area contributed by atoms with Crippen molar-refractivity contribution in [3.05, 3.63) is 12.2 Å². The fraction of sp³-hybridized carbons (Fsp3) is 0.846. The van der Waals surface area contributed by atoms with E-state index < -0.39 is 0 Å². The Bertz CT molecular complexity index is 347. The quantitative estimate of drug-likeness (QED) is 0.827. The number of hydrogen-bond donors (Lipinski definition) is 1. The molecule has 5 nitrogen and oxygen atoms in total. The fourth-order valence-electron chi connectivity index (χ4n) is 2.59. The first-order chi connectivity index (χ1) is 8.83. The second-order valence-corrected chi connectivity index (χ2v) is 5.07. The first-order valence-corrected chi connectivity index (χ1v) is 7.16. The fourth-order valence-corrected chi connectivity index (χ4v) is 2.59. The molecule has 0 amide bonds. The van der Waals surface area contributed by atoms with Gasteiger partial charge in [-0.1, -0.05) is 20.3 Å². The van der Waals surface area contributed by atoms with Gasteiger partial charge in [0.25, 0.3) is 0 Å². The zero-order valence-electron chi connectivity index (χ0n) is 11.6. The highest BCUT2D eigenvalue weighted by Crippen LogP contribution is 2.08. The molecule has 1 N–H and O–H groups in total. The van der Waals surface area contributed by atoms with Crippen molar-refractivity contribution in [3.63, 3.8) is 0 Å². The number of aryl methyl sites for hydroxylation is 1. The van der Waals surface area contributed by atoms with E-state index in [-0.39, 0.29) is 0 Å². The lowest BCUT2D eigenvalue weighted by Gasteiger charge is -2.33. The molecule has 2 rings (SSSR count). The zero-order chi connectivity index (χ0) is 12.8. The third kappa shape index (κ3) is 3.53. The Kier molecular flexibility index (Phi) is 5.13. The molecule has 1 aromatic heterocycles. The molecule has 18 heavy (non-hydrogen) atoms. The Morgan fingerprint density at radius 1 is 1.39 bits per heavy atom. The average Bonchev–Trinajstić information content (AvgIpc) is 2.78. The van der Waals surface area contributed by atoms with E-state index in [1.54, 1.807) is 6.33 Å². The van der Waals surface area contributed by atoms with Crippen LogP contribution in [0.1, 0.15) is 38.9 Å². The molecule has 102 valence electrons. The van der Waals surface area contributed by atoms with Crippen LogP contribution in [0, 0.1) is 0 Å².